The first kappa shape index (κ1) is 31.7. The van der Waals surface area contributed by atoms with Gasteiger partial charge in [-0.2, -0.15) is 0 Å². The largest absolute Gasteiger partial charge is 0.371 e. The van der Waals surface area contributed by atoms with Gasteiger partial charge in [0.1, 0.15) is 0 Å². The lowest BCUT2D eigenvalue weighted by Crippen LogP contribution is -2.26. The Morgan fingerprint density at radius 2 is 1.92 bits per heavy atom. The second-order valence-corrected chi connectivity index (χ2v) is 10.9. The van der Waals surface area contributed by atoms with Gasteiger partial charge in [-0.25, -0.2) is 0 Å². The fourth-order valence-electron chi connectivity index (χ4n) is 5.00. The third-order valence-corrected chi connectivity index (χ3v) is 7.25. The van der Waals surface area contributed by atoms with Crippen molar-refractivity contribution in [3.8, 4) is 0 Å². The fraction of sp³-hybridized carbons (Fsp3) is 0.400. The summed E-state index contributed by atoms with van der Waals surface area (Å²) < 4.78 is 0. The van der Waals surface area contributed by atoms with Crippen molar-refractivity contribution < 1.29 is 4.79 Å². The molecule has 0 aliphatic carbocycles. The van der Waals surface area contributed by atoms with Crippen molar-refractivity contribution in [3.05, 3.63) is 108 Å². The van der Waals surface area contributed by atoms with Crippen LogP contribution in [0.2, 0.25) is 0 Å². The van der Waals surface area contributed by atoms with Crippen molar-refractivity contribution in [1.29, 1.82) is 0 Å². The Morgan fingerprint density at radius 3 is 2.51 bits per heavy atom. The zero-order valence-corrected chi connectivity index (χ0v) is 25.2. The quantitative estimate of drug-likeness (QED) is 0.131. The number of nitrogens with zero attached hydrogens (tertiary/aromatic N) is 3. The van der Waals surface area contributed by atoms with Gasteiger partial charge in [-0.15, -0.1) is 0 Å². The van der Waals surface area contributed by atoms with Gasteiger partial charge in [0.2, 0.25) is 0 Å². The summed E-state index contributed by atoms with van der Waals surface area (Å²) in [5.41, 5.74) is 9.09. The molecular weight excluding hydrogens is 478 g/mol. The molecule has 4 heteroatoms. The van der Waals surface area contributed by atoms with Gasteiger partial charge in [-0.3, -0.25) is 14.8 Å². The Morgan fingerprint density at radius 1 is 1.23 bits per heavy atom. The zero-order chi connectivity index (χ0) is 29.3. The lowest BCUT2D eigenvalue weighted by Gasteiger charge is -2.26. The molecule has 2 heterocycles. The predicted molar refractivity (Wildman–Crippen MR) is 170 cm³/mol. The van der Waals surface area contributed by atoms with Gasteiger partial charge in [0.05, 0.1) is 11.4 Å². The maximum atomic E-state index is 13.0. The number of likely N-dealkylation sites (tertiary alicyclic amines) is 1. The number of aliphatic imine (C=N–C) groups is 2. The summed E-state index contributed by atoms with van der Waals surface area (Å²) in [5.74, 6) is 0.532. The molecule has 2 aliphatic rings. The van der Waals surface area contributed by atoms with Gasteiger partial charge in [0, 0.05) is 44.0 Å². The van der Waals surface area contributed by atoms with E-state index in [1.54, 1.807) is 13.1 Å². The van der Waals surface area contributed by atoms with Crippen LogP contribution in [0, 0.1) is 11.8 Å². The summed E-state index contributed by atoms with van der Waals surface area (Å²) in [6.07, 6.45) is 14.4. The van der Waals surface area contributed by atoms with E-state index >= 15 is 0 Å². The highest BCUT2D eigenvalue weighted by Crippen LogP contribution is 2.26. The van der Waals surface area contributed by atoms with Crippen LogP contribution >= 0.6 is 0 Å². The van der Waals surface area contributed by atoms with Crippen LogP contribution in [0.4, 0.5) is 0 Å². The van der Waals surface area contributed by atoms with E-state index in [2.05, 4.69) is 82.1 Å². The molecule has 0 bridgehead atoms. The van der Waals surface area contributed by atoms with E-state index < -0.39 is 0 Å². The van der Waals surface area contributed by atoms with E-state index in [4.69, 9.17) is 4.99 Å². The van der Waals surface area contributed by atoms with Crippen LogP contribution < -0.4 is 0 Å². The molecule has 0 aromatic heterocycles. The molecule has 39 heavy (non-hydrogen) atoms. The second-order valence-electron chi connectivity index (χ2n) is 10.9. The SMILES string of the molecule is C=C/C(C)=C\C(C)/C(=C\C(=NC)C1=CC(=O)C(=C)CC(/C(C)=C\C(=C/C)N2CCC(=C)C[C@@H](C)C2)=N1)C(=C)C. The Kier molecular flexibility index (Phi) is 11.8. The summed E-state index contributed by atoms with van der Waals surface area (Å²) in [6, 6.07) is 0. The fourth-order valence-corrected chi connectivity index (χ4v) is 5.00. The van der Waals surface area contributed by atoms with E-state index in [9.17, 15) is 4.79 Å². The highest BCUT2D eigenvalue weighted by Gasteiger charge is 2.21. The predicted octanol–water partition coefficient (Wildman–Crippen LogP) is 8.32. The number of hydrogen-bond donors (Lipinski definition) is 0. The normalized spacial score (nSPS) is 21.7. The number of carbonyl (C=O) groups is 1. The molecule has 208 valence electrons. The van der Waals surface area contributed by atoms with Crippen LogP contribution in [0.5, 0.6) is 0 Å². The summed E-state index contributed by atoms with van der Waals surface area (Å²) in [4.78, 5) is 24.9. The van der Waals surface area contributed by atoms with Crippen LogP contribution in [0.3, 0.4) is 0 Å². The van der Waals surface area contributed by atoms with Crippen molar-refractivity contribution in [2.45, 2.75) is 60.8 Å². The lowest BCUT2D eigenvalue weighted by atomic mass is 9.92. The van der Waals surface area contributed by atoms with Gasteiger partial charge in [-0.1, -0.05) is 75.1 Å². The standard InChI is InChI=1S/C35H47N3O/c1-12-24(5)17-27(8)31(23(3)4)20-33(36-11)34-21-35(39)29(10)19-32(37-34)28(9)18-30(13-2)38-15-14-25(6)16-26(7)22-38/h12-13,17-18,20-21,26-27H,1,3,6,10,14-16,19,22H2,2,4-5,7-9,11H3/b24-17-,28-18-,30-13+,31-20-,36-33?/t26-,27?/m1/s1. The third-order valence-electron chi connectivity index (χ3n) is 7.25. The minimum atomic E-state index is -0.121. The van der Waals surface area contributed by atoms with Crippen LogP contribution in [0.15, 0.2) is 118 Å². The summed E-state index contributed by atoms with van der Waals surface area (Å²) in [5, 5.41) is 0. The topological polar surface area (TPSA) is 45.0 Å². The molecule has 1 saturated heterocycles. The summed E-state index contributed by atoms with van der Waals surface area (Å²) >= 11 is 0. The average Bonchev–Trinajstić information content (AvgIpc) is 3.14. The number of rotatable bonds is 9. The van der Waals surface area contributed by atoms with Gasteiger partial charge in [0.25, 0.3) is 0 Å². The van der Waals surface area contributed by atoms with Gasteiger partial charge in [0.15, 0.2) is 5.78 Å². The van der Waals surface area contributed by atoms with E-state index in [1.807, 2.05) is 26.0 Å². The molecule has 2 atom stereocenters. The average molecular weight is 526 g/mol. The first-order chi connectivity index (χ1) is 18.4. The Hall–Kier alpha value is -3.53. The molecule has 0 N–H and O–H groups in total. The first-order valence-corrected chi connectivity index (χ1v) is 13.8. The molecule has 1 unspecified atom stereocenters. The van der Waals surface area contributed by atoms with Crippen molar-refractivity contribution in [1.82, 2.24) is 4.90 Å². The maximum absolute atomic E-state index is 13.0. The van der Waals surface area contributed by atoms with E-state index in [1.165, 1.54) is 5.57 Å². The Labute approximate surface area is 237 Å². The van der Waals surface area contributed by atoms with Gasteiger partial charge in [-0.05, 0) is 81.2 Å². The number of allylic oxidation sites excluding steroid dienone is 11. The monoisotopic (exact) mass is 525 g/mol. The molecule has 2 rings (SSSR count). The zero-order valence-electron chi connectivity index (χ0n) is 25.2. The number of carbonyl (C=O) groups excluding carboxylic acids is 1. The molecule has 0 aromatic rings. The Bertz CT molecular complexity index is 1240. The first-order valence-electron chi connectivity index (χ1n) is 13.8. The number of ketones is 1. The van der Waals surface area contributed by atoms with E-state index in [-0.39, 0.29) is 11.7 Å². The molecule has 0 radical (unpaired) electrons. The molecule has 2 aliphatic heterocycles. The van der Waals surface area contributed by atoms with Crippen molar-refractivity contribution in [2.24, 2.45) is 21.8 Å². The molecule has 4 nitrogen and oxygen atoms in total. The maximum Gasteiger partial charge on any atom is 0.183 e. The van der Waals surface area contributed by atoms with Crippen LogP contribution in [-0.2, 0) is 4.79 Å². The van der Waals surface area contributed by atoms with Crippen LogP contribution in [-0.4, -0.2) is 42.2 Å². The minimum absolute atomic E-state index is 0.101. The Balaban J connectivity index is 2.52. The molecule has 0 amide bonds. The minimum Gasteiger partial charge on any atom is -0.371 e. The summed E-state index contributed by atoms with van der Waals surface area (Å²) in [7, 11) is 1.73. The van der Waals surface area contributed by atoms with Crippen molar-refractivity contribution in [2.75, 3.05) is 20.1 Å². The number of hydrogen-bond acceptors (Lipinski definition) is 4. The van der Waals surface area contributed by atoms with Crippen molar-refractivity contribution >= 4 is 17.2 Å². The highest BCUT2D eigenvalue weighted by molar-refractivity contribution is 6.20. The van der Waals surface area contributed by atoms with Crippen LogP contribution in [0.25, 0.3) is 0 Å². The third kappa shape index (κ3) is 9.02. The molecule has 0 spiro atoms. The van der Waals surface area contributed by atoms with Crippen molar-refractivity contribution in [3.63, 3.8) is 0 Å². The highest BCUT2D eigenvalue weighted by atomic mass is 16.1. The molecule has 1 fully saturated rings. The lowest BCUT2D eigenvalue weighted by molar-refractivity contribution is -0.111. The molecule has 0 aromatic carbocycles. The summed E-state index contributed by atoms with van der Waals surface area (Å²) in [6.45, 7) is 30.9. The molecular formula is C35H47N3O. The molecule has 0 saturated carbocycles. The van der Waals surface area contributed by atoms with Crippen LogP contribution in [0.1, 0.15) is 60.8 Å². The van der Waals surface area contributed by atoms with E-state index in [0.717, 1.165) is 59.6 Å². The second kappa shape index (κ2) is 14.6. The van der Waals surface area contributed by atoms with E-state index in [0.29, 0.717) is 29.3 Å². The van der Waals surface area contributed by atoms with Gasteiger partial charge >= 0.3 is 0 Å². The smallest absolute Gasteiger partial charge is 0.183 e. The van der Waals surface area contributed by atoms with Gasteiger partial charge < -0.3 is 4.90 Å².